The average molecular weight is 340 g/mol. The molecule has 23 heavy (non-hydrogen) atoms. The van der Waals surface area contributed by atoms with Crippen LogP contribution in [0.15, 0.2) is 12.1 Å². The van der Waals surface area contributed by atoms with E-state index in [0.29, 0.717) is 11.5 Å². The van der Waals surface area contributed by atoms with Gasteiger partial charge < -0.3 is 29.3 Å². The highest BCUT2D eigenvalue weighted by atomic mass is 32.1. The Morgan fingerprint density at radius 3 is 2.30 bits per heavy atom. The van der Waals surface area contributed by atoms with Crippen molar-refractivity contribution in [1.82, 2.24) is 10.2 Å². The third-order valence-corrected chi connectivity index (χ3v) is 4.66. The maximum atomic E-state index is 5.57. The molecule has 1 fully saturated rings. The third-order valence-electron chi connectivity index (χ3n) is 4.20. The number of thiocarbonyl (C=S) groups is 1. The van der Waals surface area contributed by atoms with E-state index in [-0.39, 0.29) is 0 Å². The first-order valence-corrected chi connectivity index (χ1v) is 8.13. The summed E-state index contributed by atoms with van der Waals surface area (Å²) in [4.78, 5) is 3.72. The van der Waals surface area contributed by atoms with Gasteiger partial charge in [0.25, 0.3) is 0 Å². The largest absolute Gasteiger partial charge is 0.493 e. The van der Waals surface area contributed by atoms with Crippen molar-refractivity contribution in [2.75, 3.05) is 54.6 Å². The molecule has 0 saturated carbocycles. The molecule has 0 amide bonds. The zero-order chi connectivity index (χ0) is 16.8. The summed E-state index contributed by atoms with van der Waals surface area (Å²) in [7, 11) is 6.80. The molecule has 1 heterocycles. The quantitative estimate of drug-likeness (QED) is 0.731. The van der Waals surface area contributed by atoms with Gasteiger partial charge in [-0.1, -0.05) is 0 Å². The predicted molar refractivity (Wildman–Crippen MR) is 93.7 cm³/mol. The molecule has 1 aromatic carbocycles. The number of nitrogens with one attached hydrogen (secondary N) is 2. The Hall–Kier alpha value is -1.73. The first-order valence-electron chi connectivity index (χ1n) is 7.72. The summed E-state index contributed by atoms with van der Waals surface area (Å²) in [6.07, 6.45) is 0. The summed E-state index contributed by atoms with van der Waals surface area (Å²) in [5.74, 6) is 2.10. The first-order chi connectivity index (χ1) is 11.1. The van der Waals surface area contributed by atoms with Crippen LogP contribution in [-0.2, 0) is 6.54 Å². The van der Waals surface area contributed by atoms with E-state index in [4.69, 9.17) is 26.4 Å². The van der Waals surface area contributed by atoms with E-state index in [9.17, 15) is 0 Å². The lowest BCUT2D eigenvalue weighted by Crippen LogP contribution is -3.13. The van der Waals surface area contributed by atoms with Gasteiger partial charge in [-0.15, -0.1) is 0 Å². The molecule has 0 unspecified atom stereocenters. The second-order valence-corrected chi connectivity index (χ2v) is 5.85. The molecule has 0 bridgehead atoms. The molecule has 0 spiro atoms. The van der Waals surface area contributed by atoms with Crippen LogP contribution < -0.4 is 24.4 Å². The van der Waals surface area contributed by atoms with Crippen LogP contribution in [0.25, 0.3) is 0 Å². The minimum absolute atomic E-state index is 0.655. The molecule has 1 aromatic rings. The molecule has 0 aliphatic carbocycles. The predicted octanol–water partition coefficient (Wildman–Crippen LogP) is -0.0828. The second kappa shape index (κ2) is 8.21. The Bertz CT molecular complexity index is 546. The number of rotatable bonds is 5. The van der Waals surface area contributed by atoms with Crippen LogP contribution in [0.5, 0.6) is 17.2 Å². The minimum Gasteiger partial charge on any atom is -0.493 e. The molecule has 0 radical (unpaired) electrons. The summed E-state index contributed by atoms with van der Waals surface area (Å²) in [5.41, 5.74) is 1.13. The maximum absolute atomic E-state index is 5.57. The molecule has 1 aliphatic rings. The molecular formula is C16H26N3O3S+. The number of nitrogens with zero attached hydrogens (tertiary/aromatic N) is 1. The third kappa shape index (κ3) is 3.97. The first kappa shape index (κ1) is 17.6. The van der Waals surface area contributed by atoms with Crippen molar-refractivity contribution in [3.63, 3.8) is 0 Å². The summed E-state index contributed by atoms with van der Waals surface area (Å²) in [5, 5.41) is 3.87. The van der Waals surface area contributed by atoms with Crippen LogP contribution in [0.1, 0.15) is 5.56 Å². The van der Waals surface area contributed by atoms with E-state index in [1.54, 1.807) is 21.3 Å². The highest BCUT2D eigenvalue weighted by molar-refractivity contribution is 7.80. The van der Waals surface area contributed by atoms with Crippen molar-refractivity contribution in [2.45, 2.75) is 6.54 Å². The zero-order valence-corrected chi connectivity index (χ0v) is 15.1. The van der Waals surface area contributed by atoms with Gasteiger partial charge in [-0.05, 0) is 24.4 Å². The smallest absolute Gasteiger partial charge is 0.203 e. The van der Waals surface area contributed by atoms with Gasteiger partial charge in [0.15, 0.2) is 16.6 Å². The fraction of sp³-hybridized carbons (Fsp3) is 0.562. The van der Waals surface area contributed by atoms with Crippen LogP contribution in [0.4, 0.5) is 0 Å². The van der Waals surface area contributed by atoms with Gasteiger partial charge in [-0.3, -0.25) is 0 Å². The molecule has 2 rings (SSSR count). The summed E-state index contributed by atoms with van der Waals surface area (Å²) >= 11 is 5.30. The van der Waals surface area contributed by atoms with E-state index < -0.39 is 0 Å². The summed E-state index contributed by atoms with van der Waals surface area (Å²) < 4.78 is 16.4. The zero-order valence-electron chi connectivity index (χ0n) is 14.3. The van der Waals surface area contributed by atoms with Gasteiger partial charge in [0, 0.05) is 7.05 Å². The van der Waals surface area contributed by atoms with Gasteiger partial charge >= 0.3 is 0 Å². The van der Waals surface area contributed by atoms with Crippen molar-refractivity contribution in [3.8, 4) is 17.2 Å². The van der Waals surface area contributed by atoms with Gasteiger partial charge in [-0.2, -0.15) is 0 Å². The molecule has 0 atom stereocenters. The molecular weight excluding hydrogens is 314 g/mol. The van der Waals surface area contributed by atoms with Gasteiger partial charge in [0.05, 0.1) is 53.1 Å². The number of benzene rings is 1. The van der Waals surface area contributed by atoms with Crippen LogP contribution in [0, 0.1) is 0 Å². The van der Waals surface area contributed by atoms with Crippen molar-refractivity contribution in [2.24, 2.45) is 0 Å². The SMILES string of the molecule is CNC(=S)N1CC[NH+](Cc2ccc(OC)c(OC)c2OC)CC1. The number of piperazine rings is 1. The van der Waals surface area contributed by atoms with Crippen LogP contribution in [0.3, 0.4) is 0 Å². The summed E-state index contributed by atoms with van der Waals surface area (Å²) in [6.45, 7) is 4.90. The van der Waals surface area contributed by atoms with E-state index in [0.717, 1.165) is 49.1 Å². The Balaban J connectivity index is 2.08. The van der Waals surface area contributed by atoms with Gasteiger partial charge in [0.2, 0.25) is 5.75 Å². The molecule has 6 nitrogen and oxygen atoms in total. The standard InChI is InChI=1S/C16H25N3O3S/c1-17-16(23)19-9-7-18(8-10-19)11-12-5-6-13(20-2)15(22-4)14(12)21-3/h5-6H,7-11H2,1-4H3,(H,17,23)/p+1. The number of ether oxygens (including phenoxy) is 3. The fourth-order valence-corrected chi connectivity index (χ4v) is 3.12. The lowest BCUT2D eigenvalue weighted by Gasteiger charge is -2.33. The van der Waals surface area contributed by atoms with Crippen molar-refractivity contribution < 1.29 is 19.1 Å². The molecule has 1 aliphatic heterocycles. The van der Waals surface area contributed by atoms with Crippen LogP contribution in [0.2, 0.25) is 0 Å². The fourth-order valence-electron chi connectivity index (χ4n) is 2.93. The monoisotopic (exact) mass is 340 g/mol. The Morgan fingerprint density at radius 1 is 1.13 bits per heavy atom. The maximum Gasteiger partial charge on any atom is 0.203 e. The Kier molecular flexibility index (Phi) is 6.29. The molecule has 2 N–H and O–H groups in total. The van der Waals surface area contributed by atoms with Crippen LogP contribution in [-0.4, -0.2) is 64.6 Å². The Labute approximate surface area is 143 Å². The van der Waals surface area contributed by atoms with Gasteiger partial charge in [0.1, 0.15) is 6.54 Å². The van der Waals surface area contributed by atoms with Gasteiger partial charge in [-0.25, -0.2) is 0 Å². The number of methoxy groups -OCH3 is 3. The number of hydrogen-bond donors (Lipinski definition) is 2. The van der Waals surface area contributed by atoms with Crippen molar-refractivity contribution >= 4 is 17.3 Å². The van der Waals surface area contributed by atoms with Crippen molar-refractivity contribution in [3.05, 3.63) is 17.7 Å². The number of quaternary nitrogens is 1. The normalized spacial score (nSPS) is 15.2. The summed E-state index contributed by atoms with van der Waals surface area (Å²) in [6, 6.07) is 3.99. The van der Waals surface area contributed by atoms with E-state index >= 15 is 0 Å². The molecule has 128 valence electrons. The van der Waals surface area contributed by atoms with E-state index in [1.165, 1.54) is 4.90 Å². The van der Waals surface area contributed by atoms with E-state index in [1.807, 2.05) is 13.1 Å². The topological polar surface area (TPSA) is 47.4 Å². The average Bonchev–Trinajstić information content (AvgIpc) is 2.61. The van der Waals surface area contributed by atoms with E-state index in [2.05, 4.69) is 16.3 Å². The molecule has 7 heteroatoms. The Morgan fingerprint density at radius 2 is 1.78 bits per heavy atom. The highest BCUT2D eigenvalue weighted by Crippen LogP contribution is 2.39. The lowest BCUT2D eigenvalue weighted by atomic mass is 10.1. The lowest BCUT2D eigenvalue weighted by molar-refractivity contribution is -0.917. The minimum atomic E-state index is 0.655. The number of hydrogen-bond acceptors (Lipinski definition) is 4. The van der Waals surface area contributed by atoms with Crippen LogP contribution >= 0.6 is 12.2 Å². The molecule has 1 saturated heterocycles. The molecule has 0 aromatic heterocycles. The highest BCUT2D eigenvalue weighted by Gasteiger charge is 2.24. The second-order valence-electron chi connectivity index (χ2n) is 5.46. The van der Waals surface area contributed by atoms with Crippen molar-refractivity contribution in [1.29, 1.82) is 0 Å².